The lowest BCUT2D eigenvalue weighted by Gasteiger charge is -2.11. The number of hydrogen-bond acceptors (Lipinski definition) is 2. The first kappa shape index (κ1) is 11.2. The van der Waals surface area contributed by atoms with E-state index in [1.165, 1.54) is 0 Å². The molecular weight excluding hydrogens is 221 g/mol. The lowest BCUT2D eigenvalue weighted by atomic mass is 10.3. The molecule has 0 aliphatic heterocycles. The van der Waals surface area contributed by atoms with Crippen LogP contribution in [-0.4, -0.2) is 6.10 Å². The fraction of sp³-hybridized carbons (Fsp3) is 0.300. The summed E-state index contributed by atoms with van der Waals surface area (Å²) in [5, 5.41) is 9.38. The topological polar surface area (TPSA) is 33.0 Å². The van der Waals surface area contributed by atoms with Gasteiger partial charge in [0.15, 0.2) is 0 Å². The Kier molecular flexibility index (Phi) is 4.06. The van der Waals surface area contributed by atoms with E-state index in [-0.39, 0.29) is 6.10 Å². The van der Waals surface area contributed by atoms with Gasteiger partial charge in [-0.3, -0.25) is 0 Å². The van der Waals surface area contributed by atoms with E-state index >= 15 is 0 Å². The first-order valence-electron chi connectivity index (χ1n) is 4.12. The van der Waals surface area contributed by atoms with Gasteiger partial charge in [0.05, 0.1) is 22.5 Å². The maximum atomic E-state index is 8.44. The number of halogens is 2. The number of hydrogen-bond donors (Lipinski definition) is 0. The Balaban J connectivity index is 2.69. The van der Waals surface area contributed by atoms with Gasteiger partial charge >= 0.3 is 0 Å². The summed E-state index contributed by atoms with van der Waals surface area (Å²) in [6, 6.07) is 7.06. The average molecular weight is 230 g/mol. The summed E-state index contributed by atoms with van der Waals surface area (Å²) in [5.41, 5.74) is 0. The van der Waals surface area contributed by atoms with Crippen molar-refractivity contribution in [2.75, 3.05) is 0 Å². The number of ether oxygens (including phenoxy) is 1. The van der Waals surface area contributed by atoms with Crippen LogP contribution in [0.15, 0.2) is 18.2 Å². The summed E-state index contributed by atoms with van der Waals surface area (Å²) >= 11 is 11.5. The van der Waals surface area contributed by atoms with Crippen molar-refractivity contribution >= 4 is 23.2 Å². The quantitative estimate of drug-likeness (QED) is 0.793. The molecule has 0 aliphatic rings. The Labute approximate surface area is 93.0 Å². The summed E-state index contributed by atoms with van der Waals surface area (Å²) in [6.45, 7) is 1.83. The third-order valence-corrected chi connectivity index (χ3v) is 2.35. The van der Waals surface area contributed by atoms with Crippen molar-refractivity contribution in [3.05, 3.63) is 28.2 Å². The van der Waals surface area contributed by atoms with Crippen molar-refractivity contribution in [3.8, 4) is 11.8 Å². The summed E-state index contributed by atoms with van der Waals surface area (Å²) in [5.74, 6) is 0.627. The summed E-state index contributed by atoms with van der Waals surface area (Å²) < 4.78 is 5.42. The zero-order chi connectivity index (χ0) is 10.6. The molecule has 0 aliphatic carbocycles. The van der Waals surface area contributed by atoms with Crippen LogP contribution in [0, 0.1) is 11.3 Å². The molecule has 0 saturated carbocycles. The molecule has 0 bridgehead atoms. The number of nitriles is 1. The second kappa shape index (κ2) is 5.09. The molecule has 1 atom stereocenters. The van der Waals surface area contributed by atoms with Crippen LogP contribution in [0.5, 0.6) is 5.75 Å². The molecule has 1 aromatic carbocycles. The van der Waals surface area contributed by atoms with Gasteiger partial charge in [-0.25, -0.2) is 0 Å². The zero-order valence-corrected chi connectivity index (χ0v) is 9.14. The van der Waals surface area contributed by atoms with Crippen LogP contribution in [0.3, 0.4) is 0 Å². The van der Waals surface area contributed by atoms with E-state index in [0.29, 0.717) is 22.2 Å². The van der Waals surface area contributed by atoms with E-state index < -0.39 is 0 Å². The van der Waals surface area contributed by atoms with Crippen LogP contribution >= 0.6 is 23.2 Å². The number of rotatable bonds is 3. The third-order valence-electron chi connectivity index (χ3n) is 1.61. The minimum Gasteiger partial charge on any atom is -0.490 e. The lowest BCUT2D eigenvalue weighted by molar-refractivity contribution is 0.227. The molecule has 14 heavy (non-hydrogen) atoms. The monoisotopic (exact) mass is 229 g/mol. The normalized spacial score (nSPS) is 11.9. The molecule has 0 amide bonds. The van der Waals surface area contributed by atoms with Gasteiger partial charge in [-0.05, 0) is 19.1 Å². The molecular formula is C10H9Cl2NO. The summed E-state index contributed by atoms with van der Waals surface area (Å²) in [6.07, 6.45) is 0.206. The molecule has 0 saturated heterocycles. The standard InChI is InChI=1S/C10H9Cl2NO/c1-7(4-5-13)14-8-2-3-9(11)10(12)6-8/h2-3,6-7H,4H2,1H3. The van der Waals surface area contributed by atoms with Gasteiger partial charge in [-0.2, -0.15) is 5.26 Å². The van der Waals surface area contributed by atoms with Crippen LogP contribution < -0.4 is 4.74 Å². The van der Waals surface area contributed by atoms with E-state index in [2.05, 4.69) is 0 Å². The molecule has 0 fully saturated rings. The van der Waals surface area contributed by atoms with Crippen molar-refractivity contribution < 1.29 is 4.74 Å². The van der Waals surface area contributed by atoms with Crippen LogP contribution in [0.25, 0.3) is 0 Å². The highest BCUT2D eigenvalue weighted by atomic mass is 35.5. The highest BCUT2D eigenvalue weighted by Crippen LogP contribution is 2.26. The van der Waals surface area contributed by atoms with E-state index in [9.17, 15) is 0 Å². The lowest BCUT2D eigenvalue weighted by Crippen LogP contribution is -2.10. The van der Waals surface area contributed by atoms with Gasteiger partial charge < -0.3 is 4.74 Å². The Morgan fingerprint density at radius 3 is 2.71 bits per heavy atom. The number of nitrogens with zero attached hydrogens (tertiary/aromatic N) is 1. The number of benzene rings is 1. The summed E-state index contributed by atoms with van der Waals surface area (Å²) in [4.78, 5) is 0. The molecule has 0 radical (unpaired) electrons. The van der Waals surface area contributed by atoms with Crippen molar-refractivity contribution in [2.24, 2.45) is 0 Å². The predicted octanol–water partition coefficient (Wildman–Crippen LogP) is 3.67. The van der Waals surface area contributed by atoms with Crippen LogP contribution in [-0.2, 0) is 0 Å². The van der Waals surface area contributed by atoms with Crippen molar-refractivity contribution in [3.63, 3.8) is 0 Å². The van der Waals surface area contributed by atoms with E-state index in [0.717, 1.165) is 0 Å². The average Bonchev–Trinajstić information content (AvgIpc) is 2.12. The first-order valence-corrected chi connectivity index (χ1v) is 4.87. The highest BCUT2D eigenvalue weighted by Gasteiger charge is 2.05. The van der Waals surface area contributed by atoms with Crippen LogP contribution in [0.2, 0.25) is 10.0 Å². The van der Waals surface area contributed by atoms with Crippen molar-refractivity contribution in [1.82, 2.24) is 0 Å². The Morgan fingerprint density at radius 2 is 2.14 bits per heavy atom. The molecule has 1 unspecified atom stereocenters. The fourth-order valence-electron chi connectivity index (χ4n) is 0.953. The molecule has 0 aromatic heterocycles. The van der Waals surface area contributed by atoms with Gasteiger partial charge in [0, 0.05) is 6.07 Å². The molecule has 2 nitrogen and oxygen atoms in total. The molecule has 4 heteroatoms. The van der Waals surface area contributed by atoms with Crippen LogP contribution in [0.4, 0.5) is 0 Å². The molecule has 0 N–H and O–H groups in total. The smallest absolute Gasteiger partial charge is 0.121 e. The summed E-state index contributed by atoms with van der Waals surface area (Å²) in [7, 11) is 0. The van der Waals surface area contributed by atoms with E-state index in [4.69, 9.17) is 33.2 Å². The molecule has 1 aromatic rings. The van der Waals surface area contributed by atoms with Crippen molar-refractivity contribution in [1.29, 1.82) is 5.26 Å². The van der Waals surface area contributed by atoms with Gasteiger partial charge in [0.2, 0.25) is 0 Å². The van der Waals surface area contributed by atoms with Gasteiger partial charge in [-0.15, -0.1) is 0 Å². The van der Waals surface area contributed by atoms with Crippen LogP contribution in [0.1, 0.15) is 13.3 Å². The van der Waals surface area contributed by atoms with Gasteiger partial charge in [0.25, 0.3) is 0 Å². The van der Waals surface area contributed by atoms with E-state index in [1.54, 1.807) is 18.2 Å². The minimum atomic E-state index is -0.141. The second-order valence-electron chi connectivity index (χ2n) is 2.87. The second-order valence-corrected chi connectivity index (χ2v) is 3.68. The van der Waals surface area contributed by atoms with Gasteiger partial charge in [0.1, 0.15) is 11.9 Å². The maximum Gasteiger partial charge on any atom is 0.121 e. The maximum absolute atomic E-state index is 8.44. The first-order chi connectivity index (χ1) is 6.63. The largest absolute Gasteiger partial charge is 0.490 e. The Morgan fingerprint density at radius 1 is 1.43 bits per heavy atom. The zero-order valence-electron chi connectivity index (χ0n) is 7.63. The SMILES string of the molecule is CC(CC#N)Oc1ccc(Cl)c(Cl)c1. The molecule has 0 spiro atoms. The molecule has 0 heterocycles. The fourth-order valence-corrected chi connectivity index (χ4v) is 1.24. The van der Waals surface area contributed by atoms with E-state index in [1.807, 2.05) is 13.0 Å². The third kappa shape index (κ3) is 3.10. The predicted molar refractivity (Wildman–Crippen MR) is 56.8 cm³/mol. The molecule has 1 rings (SSSR count). The Hall–Kier alpha value is -0.910. The highest BCUT2D eigenvalue weighted by molar-refractivity contribution is 6.42. The minimum absolute atomic E-state index is 0.141. The Bertz CT molecular complexity index is 360. The molecule has 74 valence electrons. The van der Waals surface area contributed by atoms with Gasteiger partial charge in [-0.1, -0.05) is 23.2 Å². The van der Waals surface area contributed by atoms with Crippen molar-refractivity contribution in [2.45, 2.75) is 19.4 Å².